The molecule has 1 amide bonds. The van der Waals surface area contributed by atoms with Crippen molar-refractivity contribution in [2.45, 2.75) is 13.5 Å². The molecule has 0 aliphatic heterocycles. The first-order valence-electron chi connectivity index (χ1n) is 10.9. The third-order valence-corrected chi connectivity index (χ3v) is 6.68. The lowest BCUT2D eigenvalue weighted by atomic mass is 10.0. The number of aromatic nitrogens is 5. The van der Waals surface area contributed by atoms with Crippen molar-refractivity contribution in [3.8, 4) is 11.3 Å². The monoisotopic (exact) mass is 500 g/mol. The largest absolute Gasteiger partial charge is 0.324 e. The van der Waals surface area contributed by atoms with Gasteiger partial charge in [0.15, 0.2) is 10.8 Å². The summed E-state index contributed by atoms with van der Waals surface area (Å²) in [6.07, 6.45) is 1.43. The minimum Gasteiger partial charge on any atom is -0.324 e. The molecule has 0 radical (unpaired) electrons. The van der Waals surface area contributed by atoms with Crippen LogP contribution < -0.4 is 5.32 Å². The fraction of sp³-hybridized carbons (Fsp3) is 0.0769. The number of benzene rings is 3. The van der Waals surface area contributed by atoms with Gasteiger partial charge >= 0.3 is 0 Å². The highest BCUT2D eigenvalue weighted by atomic mass is 35.5. The Bertz CT molecular complexity index is 1750. The van der Waals surface area contributed by atoms with Crippen LogP contribution in [0.3, 0.4) is 0 Å². The number of hydrogen-bond donors (Lipinski definition) is 1. The van der Waals surface area contributed by atoms with E-state index in [0.717, 1.165) is 38.7 Å². The van der Waals surface area contributed by atoms with Gasteiger partial charge in [-0.3, -0.25) is 4.79 Å². The molecule has 9 heteroatoms. The van der Waals surface area contributed by atoms with Gasteiger partial charge < -0.3 is 9.88 Å². The minimum absolute atomic E-state index is 0.00609. The first kappa shape index (κ1) is 21.6. The molecule has 172 valence electrons. The summed E-state index contributed by atoms with van der Waals surface area (Å²) < 4.78 is 3.34. The van der Waals surface area contributed by atoms with Crippen molar-refractivity contribution >= 4 is 62.2 Å². The summed E-state index contributed by atoms with van der Waals surface area (Å²) in [7, 11) is 0. The van der Waals surface area contributed by atoms with Crippen molar-refractivity contribution < 1.29 is 4.79 Å². The van der Waals surface area contributed by atoms with Crippen LogP contribution in [0.15, 0.2) is 73.1 Å². The van der Waals surface area contributed by atoms with E-state index in [9.17, 15) is 4.79 Å². The minimum atomic E-state index is -0.255. The number of nitrogens with zero attached hydrogens (tertiary/aromatic N) is 5. The van der Waals surface area contributed by atoms with Gasteiger partial charge in [-0.25, -0.2) is 14.5 Å². The van der Waals surface area contributed by atoms with Gasteiger partial charge in [0.25, 0.3) is 0 Å². The number of rotatable bonds is 4. The van der Waals surface area contributed by atoms with E-state index in [2.05, 4.69) is 53.6 Å². The molecule has 0 bridgehead atoms. The van der Waals surface area contributed by atoms with Crippen LogP contribution in [-0.2, 0) is 11.3 Å². The standard InChI is InChI=1S/C26H18Cl2N6O/c1-15-6-8-16(9-7-15)23-18-4-2-3-5-19(18)26-31-20-12-17(10-11-21(20)34(26)32-23)30-22(35)13-33-14-29-24(27)25(33)28/h2-12,14H,13H2,1H3,(H,30,35). The van der Waals surface area contributed by atoms with Gasteiger partial charge in [-0.1, -0.05) is 77.3 Å². The fourth-order valence-corrected chi connectivity index (χ4v) is 4.50. The number of amides is 1. The van der Waals surface area contributed by atoms with Crippen LogP contribution in [0.25, 0.3) is 38.7 Å². The second-order valence-corrected chi connectivity index (χ2v) is 9.03. The van der Waals surface area contributed by atoms with Crippen molar-refractivity contribution in [2.75, 3.05) is 5.32 Å². The summed E-state index contributed by atoms with van der Waals surface area (Å²) in [5.41, 5.74) is 6.08. The van der Waals surface area contributed by atoms with Crippen molar-refractivity contribution in [1.29, 1.82) is 0 Å². The van der Waals surface area contributed by atoms with Gasteiger partial charge in [0.1, 0.15) is 11.7 Å². The molecule has 1 N–H and O–H groups in total. The first-order valence-corrected chi connectivity index (χ1v) is 11.7. The smallest absolute Gasteiger partial charge is 0.244 e. The average molecular weight is 501 g/mol. The Morgan fingerprint density at radius 3 is 2.51 bits per heavy atom. The Hall–Kier alpha value is -3.94. The quantitative estimate of drug-likeness (QED) is 0.314. The number of hydrogen-bond acceptors (Lipinski definition) is 4. The number of aryl methyl sites for hydroxylation is 1. The Morgan fingerprint density at radius 1 is 1.00 bits per heavy atom. The highest BCUT2D eigenvalue weighted by Gasteiger charge is 2.16. The van der Waals surface area contributed by atoms with E-state index < -0.39 is 0 Å². The van der Waals surface area contributed by atoms with Gasteiger partial charge in [-0.2, -0.15) is 5.10 Å². The van der Waals surface area contributed by atoms with Crippen molar-refractivity contribution in [2.24, 2.45) is 0 Å². The molecule has 0 aliphatic carbocycles. The Balaban J connectivity index is 1.42. The molecule has 0 aliphatic rings. The number of fused-ring (bicyclic) bond motifs is 5. The number of halogens is 2. The van der Waals surface area contributed by atoms with Gasteiger partial charge in [-0.15, -0.1) is 0 Å². The van der Waals surface area contributed by atoms with Crippen molar-refractivity contribution in [1.82, 2.24) is 24.1 Å². The van der Waals surface area contributed by atoms with E-state index in [1.807, 2.05) is 34.8 Å². The lowest BCUT2D eigenvalue weighted by Gasteiger charge is -2.09. The summed E-state index contributed by atoms with van der Waals surface area (Å²) in [5.74, 6) is -0.255. The molecule has 7 nitrogen and oxygen atoms in total. The van der Waals surface area contributed by atoms with Crippen molar-refractivity contribution in [3.05, 3.63) is 88.9 Å². The fourth-order valence-electron chi connectivity index (χ4n) is 4.19. The zero-order valence-electron chi connectivity index (χ0n) is 18.5. The zero-order chi connectivity index (χ0) is 24.1. The molecule has 0 atom stereocenters. The van der Waals surface area contributed by atoms with Gasteiger partial charge in [0, 0.05) is 22.0 Å². The molecule has 6 rings (SSSR count). The number of carbonyl (C=O) groups is 1. The molecular weight excluding hydrogens is 483 g/mol. The van der Waals surface area contributed by atoms with E-state index in [1.165, 1.54) is 16.5 Å². The second kappa shape index (κ2) is 8.37. The number of imidazole rings is 2. The van der Waals surface area contributed by atoms with E-state index in [0.29, 0.717) is 5.69 Å². The topological polar surface area (TPSA) is 77.1 Å². The maximum atomic E-state index is 12.6. The molecule has 6 aromatic rings. The molecule has 35 heavy (non-hydrogen) atoms. The molecule has 3 heterocycles. The highest BCUT2D eigenvalue weighted by molar-refractivity contribution is 6.40. The van der Waals surface area contributed by atoms with Crippen LogP contribution in [0.5, 0.6) is 0 Å². The van der Waals surface area contributed by atoms with E-state index in [1.54, 1.807) is 0 Å². The number of carbonyl (C=O) groups excluding carboxylic acids is 1. The average Bonchev–Trinajstić information content (AvgIpc) is 3.38. The summed E-state index contributed by atoms with van der Waals surface area (Å²) in [6.45, 7) is 2.06. The molecule has 0 saturated heterocycles. The van der Waals surface area contributed by atoms with Gasteiger partial charge in [-0.05, 0) is 25.1 Å². The molecule has 0 unspecified atom stereocenters. The van der Waals surface area contributed by atoms with E-state index in [4.69, 9.17) is 33.3 Å². The lowest BCUT2D eigenvalue weighted by molar-refractivity contribution is -0.116. The predicted molar refractivity (Wildman–Crippen MR) is 139 cm³/mol. The highest BCUT2D eigenvalue weighted by Crippen LogP contribution is 2.31. The first-order chi connectivity index (χ1) is 17.0. The van der Waals surface area contributed by atoms with Crippen LogP contribution >= 0.6 is 23.2 Å². The molecule has 0 saturated carbocycles. The van der Waals surface area contributed by atoms with Gasteiger partial charge in [0.2, 0.25) is 5.91 Å². The van der Waals surface area contributed by atoms with Crippen LogP contribution in [0.1, 0.15) is 5.56 Å². The maximum absolute atomic E-state index is 12.6. The Morgan fingerprint density at radius 2 is 1.77 bits per heavy atom. The Kier molecular flexibility index (Phi) is 5.16. The second-order valence-electron chi connectivity index (χ2n) is 8.31. The third kappa shape index (κ3) is 3.79. The molecule has 3 aromatic heterocycles. The van der Waals surface area contributed by atoms with E-state index in [-0.39, 0.29) is 22.8 Å². The normalized spacial score (nSPS) is 11.5. The third-order valence-electron chi connectivity index (χ3n) is 5.91. The van der Waals surface area contributed by atoms with Gasteiger partial charge in [0.05, 0.1) is 23.1 Å². The van der Waals surface area contributed by atoms with Crippen LogP contribution in [0.4, 0.5) is 5.69 Å². The number of anilines is 1. The molecular formula is C26H18Cl2N6O. The molecule has 0 spiro atoms. The molecule has 0 fully saturated rings. The van der Waals surface area contributed by atoms with Crippen molar-refractivity contribution in [3.63, 3.8) is 0 Å². The Labute approximate surface area is 209 Å². The zero-order valence-corrected chi connectivity index (χ0v) is 20.0. The van der Waals surface area contributed by atoms with Crippen LogP contribution in [-0.4, -0.2) is 30.1 Å². The van der Waals surface area contributed by atoms with Crippen LogP contribution in [0.2, 0.25) is 10.3 Å². The number of nitrogens with one attached hydrogen (secondary N) is 1. The SMILES string of the molecule is Cc1ccc(-c2nn3c4ccc(NC(=O)Cn5cnc(Cl)c5Cl)cc4nc3c3ccccc23)cc1. The maximum Gasteiger partial charge on any atom is 0.244 e. The summed E-state index contributed by atoms with van der Waals surface area (Å²) >= 11 is 11.9. The molecule has 3 aromatic carbocycles. The summed E-state index contributed by atoms with van der Waals surface area (Å²) in [6, 6.07) is 22.0. The predicted octanol–water partition coefficient (Wildman–Crippen LogP) is 6.15. The van der Waals surface area contributed by atoms with Crippen LogP contribution in [0, 0.1) is 6.92 Å². The summed E-state index contributed by atoms with van der Waals surface area (Å²) in [5, 5.41) is 10.3. The summed E-state index contributed by atoms with van der Waals surface area (Å²) in [4.78, 5) is 21.3. The lowest BCUT2D eigenvalue weighted by Crippen LogP contribution is -2.18. The van der Waals surface area contributed by atoms with E-state index >= 15 is 0 Å².